The van der Waals surface area contributed by atoms with E-state index in [1.807, 2.05) is 0 Å². The third kappa shape index (κ3) is 7.05. The number of rotatable bonds is 5. The van der Waals surface area contributed by atoms with E-state index in [1.54, 1.807) is 0 Å². The van der Waals surface area contributed by atoms with Crippen molar-refractivity contribution in [3.8, 4) is 0 Å². The molecule has 1 rings (SSSR count). The first-order chi connectivity index (χ1) is 7.87. The highest BCUT2D eigenvalue weighted by molar-refractivity contribution is 4.78. The Morgan fingerprint density at radius 3 is 2.24 bits per heavy atom. The highest BCUT2D eigenvalue weighted by Gasteiger charge is 2.20. The first-order valence-corrected chi connectivity index (χ1v) is 7.34. The quantitative estimate of drug-likeness (QED) is 0.794. The Kier molecular flexibility index (Phi) is 5.94. The third-order valence-corrected chi connectivity index (χ3v) is 3.65. The fourth-order valence-electron chi connectivity index (χ4n) is 2.31. The topological polar surface area (TPSA) is 15.3 Å². The Labute approximate surface area is 108 Å². The van der Waals surface area contributed by atoms with Crippen molar-refractivity contribution in [3.05, 3.63) is 0 Å². The van der Waals surface area contributed by atoms with Gasteiger partial charge in [0.25, 0.3) is 0 Å². The van der Waals surface area contributed by atoms with Gasteiger partial charge in [0.2, 0.25) is 0 Å². The maximum absolute atomic E-state index is 3.64. The first kappa shape index (κ1) is 15.0. The molecule has 17 heavy (non-hydrogen) atoms. The Bertz CT molecular complexity index is 197. The van der Waals surface area contributed by atoms with E-state index in [0.717, 1.165) is 11.8 Å². The Balaban J connectivity index is 2.13. The second-order valence-electron chi connectivity index (χ2n) is 7.10. The van der Waals surface area contributed by atoms with Crippen molar-refractivity contribution in [1.82, 2.24) is 10.2 Å². The summed E-state index contributed by atoms with van der Waals surface area (Å²) in [7, 11) is 0. The molecule has 2 heteroatoms. The minimum Gasteiger partial charge on any atom is -0.312 e. The molecule has 1 saturated heterocycles. The summed E-state index contributed by atoms with van der Waals surface area (Å²) in [4.78, 5) is 2.65. The van der Waals surface area contributed by atoms with Crippen molar-refractivity contribution in [3.63, 3.8) is 0 Å². The molecule has 1 heterocycles. The van der Waals surface area contributed by atoms with Crippen molar-refractivity contribution >= 4 is 0 Å². The van der Waals surface area contributed by atoms with E-state index >= 15 is 0 Å². The van der Waals surface area contributed by atoms with Crippen molar-refractivity contribution < 1.29 is 0 Å². The lowest BCUT2D eigenvalue weighted by molar-refractivity contribution is 0.170. The molecule has 0 aliphatic carbocycles. The minimum atomic E-state index is 0.273. The van der Waals surface area contributed by atoms with Crippen molar-refractivity contribution in [2.45, 2.75) is 59.4 Å². The van der Waals surface area contributed by atoms with E-state index in [9.17, 15) is 0 Å². The molecule has 0 unspecified atom stereocenters. The molecule has 0 saturated carbocycles. The van der Waals surface area contributed by atoms with Crippen LogP contribution in [0.3, 0.4) is 0 Å². The van der Waals surface area contributed by atoms with Gasteiger partial charge >= 0.3 is 0 Å². The Morgan fingerprint density at radius 2 is 1.76 bits per heavy atom. The van der Waals surface area contributed by atoms with Gasteiger partial charge in [0, 0.05) is 5.54 Å². The van der Waals surface area contributed by atoms with Crippen LogP contribution < -0.4 is 5.32 Å². The predicted octanol–water partition coefficient (Wildman–Crippen LogP) is 3.13. The summed E-state index contributed by atoms with van der Waals surface area (Å²) in [6.07, 6.45) is 4.10. The standard InChI is InChI=1S/C15H32N2/c1-13(2)6-9-17-10-7-14(8-11-17)12-16-15(3,4)5/h13-14,16H,6-12H2,1-5H3. The lowest BCUT2D eigenvalue weighted by Crippen LogP contribution is -2.43. The van der Waals surface area contributed by atoms with Crippen molar-refractivity contribution in [2.75, 3.05) is 26.2 Å². The van der Waals surface area contributed by atoms with E-state index < -0.39 is 0 Å². The molecule has 1 N–H and O–H groups in total. The zero-order valence-electron chi connectivity index (χ0n) is 12.6. The fraction of sp³-hybridized carbons (Fsp3) is 1.00. The molecule has 2 nitrogen and oxygen atoms in total. The molecule has 1 aliphatic rings. The van der Waals surface area contributed by atoms with Gasteiger partial charge in [-0.05, 0) is 78.0 Å². The van der Waals surface area contributed by atoms with E-state index in [1.165, 1.54) is 45.4 Å². The smallest absolute Gasteiger partial charge is 0.00966 e. The van der Waals surface area contributed by atoms with Gasteiger partial charge in [0.05, 0.1) is 0 Å². The number of piperidine rings is 1. The summed E-state index contributed by atoms with van der Waals surface area (Å²) in [6.45, 7) is 16.5. The number of hydrogen-bond acceptors (Lipinski definition) is 2. The monoisotopic (exact) mass is 240 g/mol. The minimum absolute atomic E-state index is 0.273. The average Bonchev–Trinajstić information content (AvgIpc) is 2.24. The van der Waals surface area contributed by atoms with E-state index in [0.29, 0.717) is 0 Å². The molecule has 0 amide bonds. The number of nitrogens with zero attached hydrogens (tertiary/aromatic N) is 1. The van der Waals surface area contributed by atoms with Crippen LogP contribution in [-0.4, -0.2) is 36.6 Å². The fourth-order valence-corrected chi connectivity index (χ4v) is 2.31. The summed E-state index contributed by atoms with van der Waals surface area (Å²) < 4.78 is 0. The molecular weight excluding hydrogens is 208 g/mol. The van der Waals surface area contributed by atoms with Gasteiger partial charge in [-0.15, -0.1) is 0 Å². The molecule has 0 atom stereocenters. The van der Waals surface area contributed by atoms with Crippen LogP contribution in [0.1, 0.15) is 53.9 Å². The molecule has 0 bridgehead atoms. The van der Waals surface area contributed by atoms with Crippen LogP contribution in [0, 0.1) is 11.8 Å². The van der Waals surface area contributed by atoms with Crippen LogP contribution >= 0.6 is 0 Å². The summed E-state index contributed by atoms with van der Waals surface area (Å²) in [5, 5.41) is 3.64. The van der Waals surface area contributed by atoms with Crippen LogP contribution in [0.5, 0.6) is 0 Å². The third-order valence-electron chi connectivity index (χ3n) is 3.65. The molecule has 0 aromatic carbocycles. The van der Waals surface area contributed by atoms with E-state index in [2.05, 4.69) is 44.8 Å². The van der Waals surface area contributed by atoms with Crippen LogP contribution in [0.15, 0.2) is 0 Å². The molecule has 102 valence electrons. The van der Waals surface area contributed by atoms with E-state index in [4.69, 9.17) is 0 Å². The maximum Gasteiger partial charge on any atom is 0.00966 e. The van der Waals surface area contributed by atoms with Crippen molar-refractivity contribution in [2.24, 2.45) is 11.8 Å². The van der Waals surface area contributed by atoms with Crippen molar-refractivity contribution in [1.29, 1.82) is 0 Å². The Morgan fingerprint density at radius 1 is 1.18 bits per heavy atom. The highest BCUT2D eigenvalue weighted by Crippen LogP contribution is 2.18. The van der Waals surface area contributed by atoms with Gasteiger partial charge in [-0.1, -0.05) is 13.8 Å². The van der Waals surface area contributed by atoms with Crippen LogP contribution in [-0.2, 0) is 0 Å². The zero-order chi connectivity index (χ0) is 12.9. The molecule has 1 fully saturated rings. The van der Waals surface area contributed by atoms with Crippen LogP contribution in [0.4, 0.5) is 0 Å². The summed E-state index contributed by atoms with van der Waals surface area (Å²) in [6, 6.07) is 0. The van der Waals surface area contributed by atoms with Crippen LogP contribution in [0.25, 0.3) is 0 Å². The predicted molar refractivity (Wildman–Crippen MR) is 76.4 cm³/mol. The van der Waals surface area contributed by atoms with Gasteiger partial charge in [-0.3, -0.25) is 0 Å². The molecule has 0 spiro atoms. The lowest BCUT2D eigenvalue weighted by Gasteiger charge is -2.34. The molecule has 0 radical (unpaired) electrons. The van der Waals surface area contributed by atoms with Gasteiger partial charge in [-0.2, -0.15) is 0 Å². The molecule has 0 aromatic heterocycles. The van der Waals surface area contributed by atoms with E-state index in [-0.39, 0.29) is 5.54 Å². The van der Waals surface area contributed by atoms with Gasteiger partial charge in [0.15, 0.2) is 0 Å². The summed E-state index contributed by atoms with van der Waals surface area (Å²) >= 11 is 0. The molecule has 0 aromatic rings. The number of hydrogen-bond donors (Lipinski definition) is 1. The Hall–Kier alpha value is -0.0800. The second-order valence-corrected chi connectivity index (χ2v) is 7.10. The first-order valence-electron chi connectivity index (χ1n) is 7.34. The zero-order valence-corrected chi connectivity index (χ0v) is 12.6. The largest absolute Gasteiger partial charge is 0.312 e. The highest BCUT2D eigenvalue weighted by atomic mass is 15.1. The van der Waals surface area contributed by atoms with Gasteiger partial charge in [0.1, 0.15) is 0 Å². The molecule has 1 aliphatic heterocycles. The summed E-state index contributed by atoms with van der Waals surface area (Å²) in [5.74, 6) is 1.74. The molecular formula is C15H32N2. The SMILES string of the molecule is CC(C)CCN1CCC(CNC(C)(C)C)CC1. The lowest BCUT2D eigenvalue weighted by atomic mass is 9.95. The van der Waals surface area contributed by atoms with Gasteiger partial charge < -0.3 is 10.2 Å². The number of nitrogens with one attached hydrogen (secondary N) is 1. The van der Waals surface area contributed by atoms with Gasteiger partial charge in [-0.25, -0.2) is 0 Å². The van der Waals surface area contributed by atoms with Crippen LogP contribution in [0.2, 0.25) is 0 Å². The summed E-state index contributed by atoms with van der Waals surface area (Å²) in [5.41, 5.74) is 0.273. The average molecular weight is 240 g/mol. The normalized spacial score (nSPS) is 20.1. The number of likely N-dealkylation sites (tertiary alicyclic amines) is 1. The second kappa shape index (κ2) is 6.75. The maximum atomic E-state index is 3.64.